The van der Waals surface area contributed by atoms with E-state index in [0.717, 1.165) is 32.1 Å². The van der Waals surface area contributed by atoms with Crippen LogP contribution in [-0.2, 0) is 10.0 Å². The van der Waals surface area contributed by atoms with E-state index in [-0.39, 0.29) is 16.6 Å². The predicted molar refractivity (Wildman–Crippen MR) is 72.3 cm³/mol. The first kappa shape index (κ1) is 15.0. The zero-order valence-electron chi connectivity index (χ0n) is 11.7. The van der Waals surface area contributed by atoms with Gasteiger partial charge in [-0.25, -0.2) is 8.42 Å². The Hall–Kier alpha value is -1.39. The molecule has 0 bridgehead atoms. The molecule has 1 aromatic rings. The second-order valence-corrected chi connectivity index (χ2v) is 6.93. The van der Waals surface area contributed by atoms with Gasteiger partial charge in [-0.2, -0.15) is 9.98 Å². The largest absolute Gasteiger partial charge is 0.360 e. The van der Waals surface area contributed by atoms with Crippen LogP contribution in [0.4, 0.5) is 0 Å². The molecule has 7 heteroatoms. The van der Waals surface area contributed by atoms with Gasteiger partial charge in [-0.15, -0.1) is 0 Å². The zero-order chi connectivity index (χ0) is 14.8. The van der Waals surface area contributed by atoms with Crippen molar-refractivity contribution in [2.75, 3.05) is 0 Å². The van der Waals surface area contributed by atoms with Crippen molar-refractivity contribution in [1.82, 2.24) is 9.88 Å². The van der Waals surface area contributed by atoms with Crippen molar-refractivity contribution in [3.63, 3.8) is 0 Å². The van der Waals surface area contributed by atoms with Gasteiger partial charge in [-0.1, -0.05) is 24.4 Å². The van der Waals surface area contributed by atoms with Crippen LogP contribution in [0.3, 0.4) is 0 Å². The van der Waals surface area contributed by atoms with E-state index in [9.17, 15) is 13.7 Å². The molecule has 0 radical (unpaired) electrons. The third-order valence-electron chi connectivity index (χ3n) is 3.78. The van der Waals surface area contributed by atoms with Crippen LogP contribution in [0.15, 0.2) is 9.42 Å². The Balaban J connectivity index is 2.20. The maximum atomic E-state index is 12.4. The van der Waals surface area contributed by atoms with Gasteiger partial charge in [0.25, 0.3) is 0 Å². The van der Waals surface area contributed by atoms with Crippen LogP contribution in [0.5, 0.6) is 0 Å². The number of nitriles is 1. The highest BCUT2D eigenvalue weighted by molar-refractivity contribution is 7.89. The molecule has 110 valence electrons. The van der Waals surface area contributed by atoms with Crippen LogP contribution in [0.2, 0.25) is 0 Å². The molecule has 1 aromatic heterocycles. The summed E-state index contributed by atoms with van der Waals surface area (Å²) in [5.41, 5.74) is 0.315. The van der Waals surface area contributed by atoms with E-state index in [1.54, 1.807) is 13.8 Å². The minimum atomic E-state index is -3.77. The summed E-state index contributed by atoms with van der Waals surface area (Å²) in [5.74, 6) is 0.333. The normalized spacial score (nSPS) is 18.6. The fraction of sp³-hybridized carbons (Fsp3) is 0.692. The molecule has 0 amide bonds. The summed E-state index contributed by atoms with van der Waals surface area (Å²) in [6.07, 6.45) is 5.04. The quantitative estimate of drug-likeness (QED) is 0.917. The Morgan fingerprint density at radius 2 is 2.00 bits per heavy atom. The molecule has 1 aliphatic carbocycles. The number of hydrogen-bond acceptors (Lipinski definition) is 5. The summed E-state index contributed by atoms with van der Waals surface area (Å²) in [7, 11) is -3.77. The Bertz CT molecular complexity index is 590. The lowest BCUT2D eigenvalue weighted by atomic mass is 9.85. The first-order chi connectivity index (χ1) is 9.45. The lowest BCUT2D eigenvalue weighted by Crippen LogP contribution is -2.40. The van der Waals surface area contributed by atoms with Crippen LogP contribution >= 0.6 is 0 Å². The Labute approximate surface area is 119 Å². The molecule has 6 nitrogen and oxygen atoms in total. The van der Waals surface area contributed by atoms with E-state index in [1.807, 2.05) is 0 Å². The first-order valence-corrected chi connectivity index (χ1v) is 8.29. The third-order valence-corrected chi connectivity index (χ3v) is 5.46. The molecular weight excluding hydrogens is 278 g/mol. The van der Waals surface area contributed by atoms with Gasteiger partial charge in [0, 0.05) is 0 Å². The fourth-order valence-corrected chi connectivity index (χ4v) is 4.32. The van der Waals surface area contributed by atoms with Crippen molar-refractivity contribution >= 4 is 10.0 Å². The van der Waals surface area contributed by atoms with Gasteiger partial charge in [-0.05, 0) is 32.6 Å². The van der Waals surface area contributed by atoms with Gasteiger partial charge in [0.2, 0.25) is 10.0 Å². The number of sulfonamides is 1. The van der Waals surface area contributed by atoms with Crippen molar-refractivity contribution in [2.24, 2.45) is 5.92 Å². The summed E-state index contributed by atoms with van der Waals surface area (Å²) < 4.78 is 32.2. The summed E-state index contributed by atoms with van der Waals surface area (Å²) in [5, 5.41) is 12.9. The molecule has 1 N–H and O–H groups in total. The second kappa shape index (κ2) is 5.94. The number of hydrogen-bond donors (Lipinski definition) is 1. The standard InChI is InChI=1S/C13H19N3O3S/c1-9-13(10(2)19-15-9)20(17,18)16-12(8-14)11-6-4-3-5-7-11/h11-12,16H,3-7H2,1-2H3. The maximum Gasteiger partial charge on any atom is 0.247 e. The maximum absolute atomic E-state index is 12.4. The van der Waals surface area contributed by atoms with Crippen LogP contribution in [0, 0.1) is 31.1 Å². The number of aryl methyl sites for hydroxylation is 2. The number of nitrogens with one attached hydrogen (secondary N) is 1. The van der Waals surface area contributed by atoms with Crippen molar-refractivity contribution in [3.05, 3.63) is 11.5 Å². The molecule has 1 aliphatic rings. The van der Waals surface area contributed by atoms with E-state index in [4.69, 9.17) is 4.52 Å². The molecule has 1 atom stereocenters. The van der Waals surface area contributed by atoms with E-state index in [1.165, 1.54) is 0 Å². The van der Waals surface area contributed by atoms with Gasteiger partial charge in [0.1, 0.15) is 16.6 Å². The minimum Gasteiger partial charge on any atom is -0.360 e. The van der Waals surface area contributed by atoms with E-state index in [2.05, 4.69) is 15.9 Å². The Kier molecular flexibility index (Phi) is 4.45. The van der Waals surface area contributed by atoms with Gasteiger partial charge >= 0.3 is 0 Å². The molecule has 1 heterocycles. The van der Waals surface area contributed by atoms with Crippen molar-refractivity contribution in [2.45, 2.75) is 56.9 Å². The number of aromatic nitrogens is 1. The van der Waals surface area contributed by atoms with E-state index >= 15 is 0 Å². The molecule has 2 rings (SSSR count). The van der Waals surface area contributed by atoms with Crippen molar-refractivity contribution in [1.29, 1.82) is 5.26 Å². The molecule has 0 aromatic carbocycles. The summed E-state index contributed by atoms with van der Waals surface area (Å²) >= 11 is 0. The molecular formula is C13H19N3O3S. The molecule has 0 aliphatic heterocycles. The van der Waals surface area contributed by atoms with Crippen LogP contribution in [-0.4, -0.2) is 19.6 Å². The minimum absolute atomic E-state index is 0.0496. The average Bonchev–Trinajstić information content (AvgIpc) is 2.77. The molecule has 20 heavy (non-hydrogen) atoms. The lowest BCUT2D eigenvalue weighted by molar-refractivity contribution is 0.323. The smallest absolute Gasteiger partial charge is 0.247 e. The van der Waals surface area contributed by atoms with Crippen LogP contribution in [0.1, 0.15) is 43.6 Å². The van der Waals surface area contributed by atoms with E-state index < -0.39 is 16.1 Å². The van der Waals surface area contributed by atoms with Gasteiger partial charge in [0.15, 0.2) is 5.76 Å². The number of rotatable bonds is 4. The third kappa shape index (κ3) is 3.02. The van der Waals surface area contributed by atoms with Crippen LogP contribution < -0.4 is 4.72 Å². The molecule has 0 saturated heterocycles. The molecule has 1 saturated carbocycles. The summed E-state index contributed by atoms with van der Waals surface area (Å²) in [6, 6.07) is 1.40. The highest BCUT2D eigenvalue weighted by atomic mass is 32.2. The highest BCUT2D eigenvalue weighted by Gasteiger charge is 2.31. The molecule has 0 spiro atoms. The van der Waals surface area contributed by atoms with Crippen LogP contribution in [0.25, 0.3) is 0 Å². The number of nitrogens with zero attached hydrogens (tertiary/aromatic N) is 2. The first-order valence-electron chi connectivity index (χ1n) is 6.80. The van der Waals surface area contributed by atoms with Gasteiger partial charge in [0.05, 0.1) is 6.07 Å². The molecule has 1 fully saturated rings. The summed E-state index contributed by atoms with van der Waals surface area (Å²) in [4.78, 5) is 0.0496. The van der Waals surface area contributed by atoms with Gasteiger partial charge in [-0.3, -0.25) is 0 Å². The Morgan fingerprint density at radius 3 is 2.50 bits per heavy atom. The topological polar surface area (TPSA) is 96.0 Å². The second-order valence-electron chi connectivity index (χ2n) is 5.28. The Morgan fingerprint density at radius 1 is 1.35 bits per heavy atom. The van der Waals surface area contributed by atoms with Crippen molar-refractivity contribution in [3.8, 4) is 6.07 Å². The van der Waals surface area contributed by atoms with E-state index in [0.29, 0.717) is 5.69 Å². The molecule has 1 unspecified atom stereocenters. The zero-order valence-corrected chi connectivity index (χ0v) is 12.5. The highest BCUT2D eigenvalue weighted by Crippen LogP contribution is 2.28. The predicted octanol–water partition coefficient (Wildman–Crippen LogP) is 2.04. The average molecular weight is 297 g/mol. The van der Waals surface area contributed by atoms with Gasteiger partial charge < -0.3 is 4.52 Å². The lowest BCUT2D eigenvalue weighted by Gasteiger charge is -2.26. The summed E-state index contributed by atoms with van der Waals surface area (Å²) in [6.45, 7) is 3.13. The SMILES string of the molecule is Cc1noc(C)c1S(=O)(=O)NC(C#N)C1CCCCC1. The fourth-order valence-electron chi connectivity index (χ4n) is 2.78. The van der Waals surface area contributed by atoms with Crippen molar-refractivity contribution < 1.29 is 12.9 Å². The monoisotopic (exact) mass is 297 g/mol.